The van der Waals surface area contributed by atoms with E-state index in [1.807, 2.05) is 6.07 Å². The number of aliphatic carboxylic acids is 1. The predicted octanol–water partition coefficient (Wildman–Crippen LogP) is 2.52. The zero-order valence-electron chi connectivity index (χ0n) is 11.9. The standard InChI is InChI=1S/C16H20FNO3/c17-13-5-1-4-12(10-13)11-16(7-3-8-16)15(21)18-9-2-6-14(19)20/h1,4-5,10H,2-3,6-9,11H2,(H,18,21)(H,19,20). The highest BCUT2D eigenvalue weighted by atomic mass is 19.1. The van der Waals surface area contributed by atoms with Crippen LogP contribution in [0.25, 0.3) is 0 Å². The van der Waals surface area contributed by atoms with Gasteiger partial charge in [0.15, 0.2) is 0 Å². The van der Waals surface area contributed by atoms with Crippen molar-refractivity contribution in [2.24, 2.45) is 5.41 Å². The Hall–Kier alpha value is -1.91. The molecule has 114 valence electrons. The van der Waals surface area contributed by atoms with Gasteiger partial charge in [0.05, 0.1) is 5.41 Å². The van der Waals surface area contributed by atoms with Crippen LogP contribution >= 0.6 is 0 Å². The second-order valence-electron chi connectivity index (χ2n) is 5.69. The van der Waals surface area contributed by atoms with Crippen LogP contribution in [0.15, 0.2) is 24.3 Å². The maximum Gasteiger partial charge on any atom is 0.303 e. The van der Waals surface area contributed by atoms with E-state index in [0.717, 1.165) is 24.8 Å². The lowest BCUT2D eigenvalue weighted by Gasteiger charge is -2.40. The Bertz CT molecular complexity index is 526. The summed E-state index contributed by atoms with van der Waals surface area (Å²) in [7, 11) is 0. The molecule has 0 unspecified atom stereocenters. The van der Waals surface area contributed by atoms with E-state index < -0.39 is 11.4 Å². The summed E-state index contributed by atoms with van der Waals surface area (Å²) in [6.45, 7) is 0.371. The first-order valence-corrected chi connectivity index (χ1v) is 7.26. The molecule has 2 rings (SSSR count). The zero-order chi connectivity index (χ0) is 15.3. The second kappa shape index (κ2) is 6.70. The normalized spacial score (nSPS) is 16.0. The highest BCUT2D eigenvalue weighted by Gasteiger charge is 2.43. The molecule has 0 radical (unpaired) electrons. The first kappa shape index (κ1) is 15.5. The molecule has 5 heteroatoms. The minimum atomic E-state index is -0.859. The van der Waals surface area contributed by atoms with Crippen molar-refractivity contribution < 1.29 is 19.1 Å². The smallest absolute Gasteiger partial charge is 0.303 e. The Morgan fingerprint density at radius 3 is 2.67 bits per heavy atom. The molecule has 0 aromatic heterocycles. The molecule has 1 aliphatic carbocycles. The van der Waals surface area contributed by atoms with Gasteiger partial charge in [-0.05, 0) is 43.4 Å². The molecule has 1 saturated carbocycles. The van der Waals surface area contributed by atoms with Crippen LogP contribution in [-0.4, -0.2) is 23.5 Å². The van der Waals surface area contributed by atoms with Gasteiger partial charge >= 0.3 is 5.97 Å². The van der Waals surface area contributed by atoms with Crippen LogP contribution in [-0.2, 0) is 16.0 Å². The van der Waals surface area contributed by atoms with E-state index in [1.165, 1.54) is 12.1 Å². The van der Waals surface area contributed by atoms with Gasteiger partial charge in [-0.15, -0.1) is 0 Å². The lowest BCUT2D eigenvalue weighted by molar-refractivity contribution is -0.138. The quantitative estimate of drug-likeness (QED) is 0.759. The van der Waals surface area contributed by atoms with Crippen LogP contribution in [0.1, 0.15) is 37.7 Å². The Balaban J connectivity index is 1.91. The number of amides is 1. The van der Waals surface area contributed by atoms with E-state index in [4.69, 9.17) is 5.11 Å². The van der Waals surface area contributed by atoms with Crippen LogP contribution in [0.3, 0.4) is 0 Å². The number of carboxylic acid groups (broad SMARTS) is 1. The number of nitrogens with one attached hydrogen (secondary N) is 1. The number of rotatable bonds is 7. The number of hydrogen-bond donors (Lipinski definition) is 2. The fourth-order valence-electron chi connectivity index (χ4n) is 2.75. The maximum absolute atomic E-state index is 13.2. The number of carboxylic acids is 1. The molecule has 0 heterocycles. The van der Waals surface area contributed by atoms with Crippen LogP contribution in [0.5, 0.6) is 0 Å². The molecule has 1 fully saturated rings. The molecular weight excluding hydrogens is 273 g/mol. The molecule has 1 aromatic rings. The van der Waals surface area contributed by atoms with Crippen molar-refractivity contribution in [3.8, 4) is 0 Å². The van der Waals surface area contributed by atoms with Crippen LogP contribution < -0.4 is 5.32 Å². The number of benzene rings is 1. The first-order valence-electron chi connectivity index (χ1n) is 7.26. The highest BCUT2D eigenvalue weighted by molar-refractivity contribution is 5.83. The van der Waals surface area contributed by atoms with E-state index in [0.29, 0.717) is 19.4 Å². The van der Waals surface area contributed by atoms with Gasteiger partial charge in [-0.3, -0.25) is 9.59 Å². The first-order chi connectivity index (χ1) is 10.0. The molecule has 2 N–H and O–H groups in total. The lowest BCUT2D eigenvalue weighted by Crippen LogP contribution is -2.47. The number of halogens is 1. The molecular formula is C16H20FNO3. The maximum atomic E-state index is 13.2. The molecule has 0 atom stereocenters. The average molecular weight is 293 g/mol. The van der Waals surface area contributed by atoms with Gasteiger partial charge in [0.2, 0.25) is 5.91 Å². The summed E-state index contributed by atoms with van der Waals surface area (Å²) in [6, 6.07) is 6.35. The Kier molecular flexibility index (Phi) is 4.94. The number of carbonyl (C=O) groups is 2. The minimum Gasteiger partial charge on any atom is -0.481 e. The Morgan fingerprint density at radius 1 is 1.33 bits per heavy atom. The van der Waals surface area contributed by atoms with Crippen LogP contribution in [0.4, 0.5) is 4.39 Å². The predicted molar refractivity (Wildman–Crippen MR) is 76.3 cm³/mol. The van der Waals surface area contributed by atoms with Crippen molar-refractivity contribution >= 4 is 11.9 Å². The Labute approximate surface area is 123 Å². The van der Waals surface area contributed by atoms with E-state index in [2.05, 4.69) is 5.32 Å². The van der Waals surface area contributed by atoms with Gasteiger partial charge < -0.3 is 10.4 Å². The summed E-state index contributed by atoms with van der Waals surface area (Å²) >= 11 is 0. The van der Waals surface area contributed by atoms with Crippen molar-refractivity contribution in [2.75, 3.05) is 6.54 Å². The molecule has 1 aromatic carbocycles. The summed E-state index contributed by atoms with van der Waals surface area (Å²) in [5.74, 6) is -1.19. The highest BCUT2D eigenvalue weighted by Crippen LogP contribution is 2.44. The number of carbonyl (C=O) groups excluding carboxylic acids is 1. The summed E-state index contributed by atoms with van der Waals surface area (Å²) < 4.78 is 13.2. The summed E-state index contributed by atoms with van der Waals surface area (Å²) in [5, 5.41) is 11.4. The molecule has 4 nitrogen and oxygen atoms in total. The molecule has 1 aliphatic rings. The molecule has 21 heavy (non-hydrogen) atoms. The third kappa shape index (κ3) is 4.03. The number of hydrogen-bond acceptors (Lipinski definition) is 2. The van der Waals surface area contributed by atoms with Gasteiger partial charge in [-0.25, -0.2) is 4.39 Å². The van der Waals surface area contributed by atoms with Crippen LogP contribution in [0, 0.1) is 11.2 Å². The van der Waals surface area contributed by atoms with Crippen molar-refractivity contribution in [3.05, 3.63) is 35.6 Å². The van der Waals surface area contributed by atoms with Crippen molar-refractivity contribution in [2.45, 2.75) is 38.5 Å². The van der Waals surface area contributed by atoms with Gasteiger partial charge in [0.1, 0.15) is 5.82 Å². The van der Waals surface area contributed by atoms with Crippen LogP contribution in [0.2, 0.25) is 0 Å². The average Bonchev–Trinajstić information content (AvgIpc) is 2.38. The molecule has 0 saturated heterocycles. The lowest BCUT2D eigenvalue weighted by atomic mass is 9.64. The molecule has 0 spiro atoms. The fourth-order valence-corrected chi connectivity index (χ4v) is 2.75. The largest absolute Gasteiger partial charge is 0.481 e. The SMILES string of the molecule is O=C(O)CCCNC(=O)C1(Cc2cccc(F)c2)CCC1. The molecule has 1 amide bonds. The summed E-state index contributed by atoms with van der Waals surface area (Å²) in [4.78, 5) is 22.8. The van der Waals surface area contributed by atoms with E-state index in [9.17, 15) is 14.0 Å². The summed E-state index contributed by atoms with van der Waals surface area (Å²) in [5.41, 5.74) is 0.382. The third-order valence-electron chi connectivity index (χ3n) is 4.08. The summed E-state index contributed by atoms with van der Waals surface area (Å²) in [6.07, 6.45) is 3.62. The van der Waals surface area contributed by atoms with E-state index in [-0.39, 0.29) is 18.1 Å². The third-order valence-corrected chi connectivity index (χ3v) is 4.08. The monoisotopic (exact) mass is 293 g/mol. The van der Waals surface area contributed by atoms with E-state index >= 15 is 0 Å². The van der Waals surface area contributed by atoms with Crippen molar-refractivity contribution in [1.82, 2.24) is 5.32 Å². The van der Waals surface area contributed by atoms with Crippen molar-refractivity contribution in [3.63, 3.8) is 0 Å². The minimum absolute atomic E-state index is 0.0385. The second-order valence-corrected chi connectivity index (χ2v) is 5.69. The fraction of sp³-hybridized carbons (Fsp3) is 0.500. The topological polar surface area (TPSA) is 66.4 Å². The Morgan fingerprint density at radius 2 is 2.10 bits per heavy atom. The molecule has 0 aliphatic heterocycles. The molecule has 0 bridgehead atoms. The van der Waals surface area contributed by atoms with Gasteiger partial charge in [-0.2, -0.15) is 0 Å². The van der Waals surface area contributed by atoms with Gasteiger partial charge in [0.25, 0.3) is 0 Å². The van der Waals surface area contributed by atoms with Crippen molar-refractivity contribution in [1.29, 1.82) is 0 Å². The van der Waals surface area contributed by atoms with E-state index in [1.54, 1.807) is 6.07 Å². The van der Waals surface area contributed by atoms with Gasteiger partial charge in [0, 0.05) is 13.0 Å². The van der Waals surface area contributed by atoms with Gasteiger partial charge in [-0.1, -0.05) is 18.6 Å². The zero-order valence-corrected chi connectivity index (χ0v) is 11.9.